The molecular weight excluding hydrogens is 308 g/mol. The molecule has 0 spiro atoms. The maximum atomic E-state index is 12.4. The third-order valence-corrected chi connectivity index (χ3v) is 4.09. The first-order valence-corrected chi connectivity index (χ1v) is 7.86. The number of hydrogen-bond acceptors (Lipinski definition) is 4. The Hall–Kier alpha value is -2.76. The molecule has 0 unspecified atom stereocenters. The summed E-state index contributed by atoms with van der Waals surface area (Å²) in [5, 5.41) is 2.85. The maximum absolute atomic E-state index is 12.4. The van der Waals surface area contributed by atoms with Gasteiger partial charge in [0.25, 0.3) is 5.91 Å². The zero-order valence-corrected chi connectivity index (χ0v) is 14.0. The molecule has 3 rings (SSSR count). The van der Waals surface area contributed by atoms with Crippen molar-refractivity contribution in [3.8, 4) is 5.75 Å². The van der Waals surface area contributed by atoms with Crippen molar-refractivity contribution in [1.29, 1.82) is 0 Å². The minimum absolute atomic E-state index is 0.0677. The van der Waals surface area contributed by atoms with Gasteiger partial charge in [-0.2, -0.15) is 0 Å². The molecule has 0 radical (unpaired) electrons. The van der Waals surface area contributed by atoms with Gasteiger partial charge in [-0.25, -0.2) is 0 Å². The topological polar surface area (TPSA) is 71.8 Å². The van der Waals surface area contributed by atoms with Crippen molar-refractivity contribution in [1.82, 2.24) is 0 Å². The highest BCUT2D eigenvalue weighted by molar-refractivity contribution is 6.06. The lowest BCUT2D eigenvalue weighted by Crippen LogP contribution is -2.24. The van der Waals surface area contributed by atoms with Gasteiger partial charge in [-0.1, -0.05) is 0 Å². The normalized spacial score (nSPS) is 14.1. The Morgan fingerprint density at radius 1 is 1.29 bits per heavy atom. The molecule has 0 bridgehead atoms. The van der Waals surface area contributed by atoms with Gasteiger partial charge in [-0.15, -0.1) is 0 Å². The van der Waals surface area contributed by atoms with E-state index in [0.717, 1.165) is 6.42 Å². The predicted molar refractivity (Wildman–Crippen MR) is 90.7 cm³/mol. The van der Waals surface area contributed by atoms with Crippen LogP contribution in [0.3, 0.4) is 0 Å². The summed E-state index contributed by atoms with van der Waals surface area (Å²) >= 11 is 0. The van der Waals surface area contributed by atoms with Crippen LogP contribution in [0.4, 0.5) is 11.4 Å². The lowest BCUT2D eigenvalue weighted by atomic mass is 10.2. The standard InChI is InChI=1S/C18H20N2O4/c1-11-9-14(12(2)24-11)18(22)19-13-6-7-16(23-3)15(10-13)20-8-4-5-17(20)21/h6-7,9-10H,4-5,8H2,1-3H3,(H,19,22). The second kappa shape index (κ2) is 6.39. The van der Waals surface area contributed by atoms with Gasteiger partial charge in [-0.05, 0) is 44.5 Å². The van der Waals surface area contributed by atoms with E-state index in [4.69, 9.17) is 9.15 Å². The highest BCUT2D eigenvalue weighted by Crippen LogP contribution is 2.34. The largest absolute Gasteiger partial charge is 0.495 e. The first-order valence-electron chi connectivity index (χ1n) is 7.86. The van der Waals surface area contributed by atoms with Crippen LogP contribution in [-0.4, -0.2) is 25.5 Å². The number of furan rings is 1. The van der Waals surface area contributed by atoms with E-state index in [1.54, 1.807) is 50.1 Å². The highest BCUT2D eigenvalue weighted by atomic mass is 16.5. The van der Waals surface area contributed by atoms with Gasteiger partial charge in [-0.3, -0.25) is 9.59 Å². The number of ether oxygens (including phenoxy) is 1. The molecule has 6 heteroatoms. The third kappa shape index (κ3) is 2.99. The van der Waals surface area contributed by atoms with Crippen molar-refractivity contribution in [2.75, 3.05) is 23.9 Å². The number of anilines is 2. The average Bonchev–Trinajstić information content (AvgIpc) is 3.12. The van der Waals surface area contributed by atoms with E-state index < -0.39 is 0 Å². The summed E-state index contributed by atoms with van der Waals surface area (Å²) in [4.78, 5) is 26.1. The Morgan fingerprint density at radius 2 is 2.08 bits per heavy atom. The van der Waals surface area contributed by atoms with Gasteiger partial charge in [0.2, 0.25) is 5.91 Å². The van der Waals surface area contributed by atoms with Crippen molar-refractivity contribution < 1.29 is 18.7 Å². The summed E-state index contributed by atoms with van der Waals surface area (Å²) in [6.45, 7) is 4.21. The smallest absolute Gasteiger partial charge is 0.259 e. The molecule has 6 nitrogen and oxygen atoms in total. The minimum Gasteiger partial charge on any atom is -0.495 e. The number of benzene rings is 1. The first-order chi connectivity index (χ1) is 11.5. The number of aryl methyl sites for hydroxylation is 2. The quantitative estimate of drug-likeness (QED) is 0.935. The molecule has 1 aromatic carbocycles. The van der Waals surface area contributed by atoms with E-state index in [2.05, 4.69) is 5.32 Å². The summed E-state index contributed by atoms with van der Waals surface area (Å²) in [6.07, 6.45) is 1.36. The maximum Gasteiger partial charge on any atom is 0.259 e. The Morgan fingerprint density at radius 3 is 2.67 bits per heavy atom. The fraction of sp³-hybridized carbons (Fsp3) is 0.333. The molecule has 1 aliphatic heterocycles. The molecule has 1 N–H and O–H groups in total. The summed E-state index contributed by atoms with van der Waals surface area (Å²) in [6, 6.07) is 6.98. The highest BCUT2D eigenvalue weighted by Gasteiger charge is 2.25. The number of rotatable bonds is 4. The Kier molecular flexibility index (Phi) is 4.29. The number of carbonyl (C=O) groups is 2. The number of methoxy groups -OCH3 is 1. The molecule has 0 saturated carbocycles. The fourth-order valence-electron chi connectivity index (χ4n) is 2.94. The van der Waals surface area contributed by atoms with Crippen LogP contribution in [0.15, 0.2) is 28.7 Å². The van der Waals surface area contributed by atoms with Gasteiger partial charge in [0.1, 0.15) is 17.3 Å². The lowest BCUT2D eigenvalue weighted by Gasteiger charge is -2.20. The minimum atomic E-state index is -0.242. The molecule has 0 aliphatic carbocycles. The number of nitrogens with zero attached hydrogens (tertiary/aromatic N) is 1. The van der Waals surface area contributed by atoms with Crippen LogP contribution in [0.5, 0.6) is 5.75 Å². The average molecular weight is 328 g/mol. The molecule has 24 heavy (non-hydrogen) atoms. The van der Waals surface area contributed by atoms with Gasteiger partial charge in [0.05, 0.1) is 18.4 Å². The van der Waals surface area contributed by atoms with E-state index in [9.17, 15) is 9.59 Å². The van der Waals surface area contributed by atoms with Crippen LogP contribution in [0.1, 0.15) is 34.7 Å². The Labute approximate surface area is 140 Å². The monoisotopic (exact) mass is 328 g/mol. The predicted octanol–water partition coefficient (Wildman–Crippen LogP) is 3.28. The summed E-state index contributed by atoms with van der Waals surface area (Å²) < 4.78 is 10.7. The zero-order valence-electron chi connectivity index (χ0n) is 14.0. The Bertz CT molecular complexity index is 794. The molecule has 0 atom stereocenters. The SMILES string of the molecule is COc1ccc(NC(=O)c2cc(C)oc2C)cc1N1CCCC1=O. The van der Waals surface area contributed by atoms with Crippen molar-refractivity contribution in [2.45, 2.75) is 26.7 Å². The van der Waals surface area contributed by atoms with Crippen LogP contribution in [-0.2, 0) is 4.79 Å². The number of carbonyl (C=O) groups excluding carboxylic acids is 2. The van der Waals surface area contributed by atoms with Gasteiger partial charge < -0.3 is 19.4 Å². The van der Waals surface area contributed by atoms with Crippen LogP contribution in [0, 0.1) is 13.8 Å². The molecule has 2 amide bonds. The molecule has 1 saturated heterocycles. The number of hydrogen-bond donors (Lipinski definition) is 1. The van der Waals surface area contributed by atoms with Gasteiger partial charge in [0, 0.05) is 18.7 Å². The van der Waals surface area contributed by atoms with E-state index >= 15 is 0 Å². The van der Waals surface area contributed by atoms with E-state index in [1.807, 2.05) is 0 Å². The van der Waals surface area contributed by atoms with Crippen molar-refractivity contribution in [3.05, 3.63) is 41.3 Å². The number of amides is 2. The zero-order chi connectivity index (χ0) is 17.3. The number of nitrogens with one attached hydrogen (secondary N) is 1. The van der Waals surface area contributed by atoms with Gasteiger partial charge >= 0.3 is 0 Å². The second-order valence-corrected chi connectivity index (χ2v) is 5.82. The molecule has 126 valence electrons. The van der Waals surface area contributed by atoms with E-state index in [0.29, 0.717) is 47.2 Å². The molecule has 1 aliphatic rings. The van der Waals surface area contributed by atoms with E-state index in [1.165, 1.54) is 0 Å². The van der Waals surface area contributed by atoms with Gasteiger partial charge in [0.15, 0.2) is 0 Å². The fourth-order valence-corrected chi connectivity index (χ4v) is 2.94. The molecular formula is C18H20N2O4. The van der Waals surface area contributed by atoms with Crippen molar-refractivity contribution in [2.24, 2.45) is 0 Å². The van der Waals surface area contributed by atoms with Crippen molar-refractivity contribution >= 4 is 23.2 Å². The second-order valence-electron chi connectivity index (χ2n) is 5.82. The van der Waals surface area contributed by atoms with Crippen LogP contribution in [0.2, 0.25) is 0 Å². The molecule has 2 heterocycles. The van der Waals surface area contributed by atoms with Crippen molar-refractivity contribution in [3.63, 3.8) is 0 Å². The van der Waals surface area contributed by atoms with E-state index in [-0.39, 0.29) is 11.8 Å². The lowest BCUT2D eigenvalue weighted by molar-refractivity contribution is -0.117. The first kappa shape index (κ1) is 16.1. The molecule has 2 aromatic rings. The van der Waals surface area contributed by atoms with Crippen LogP contribution < -0.4 is 15.0 Å². The molecule has 1 aromatic heterocycles. The third-order valence-electron chi connectivity index (χ3n) is 4.09. The van der Waals surface area contributed by atoms with Crippen LogP contribution >= 0.6 is 0 Å². The summed E-state index contributed by atoms with van der Waals surface area (Å²) in [7, 11) is 1.56. The Balaban J connectivity index is 1.87. The summed E-state index contributed by atoms with van der Waals surface area (Å²) in [5.41, 5.74) is 1.79. The molecule has 1 fully saturated rings. The van der Waals surface area contributed by atoms with Crippen LogP contribution in [0.25, 0.3) is 0 Å². The summed E-state index contributed by atoms with van der Waals surface area (Å²) in [5.74, 6) is 1.70.